The summed E-state index contributed by atoms with van der Waals surface area (Å²) in [6.45, 7) is 6.88. The molecule has 1 heteroatoms. The van der Waals surface area contributed by atoms with Gasteiger partial charge in [-0.2, -0.15) is 0 Å². The van der Waals surface area contributed by atoms with E-state index in [-0.39, 0.29) is 11.5 Å². The van der Waals surface area contributed by atoms with Crippen LogP contribution in [0.2, 0.25) is 0 Å². The van der Waals surface area contributed by atoms with Crippen LogP contribution in [-0.4, -0.2) is 7.11 Å². The molecule has 1 aliphatic rings. The number of benzene rings is 2. The molecule has 1 saturated carbocycles. The second kappa shape index (κ2) is 4.89. The zero-order chi connectivity index (χ0) is 14.3. The van der Waals surface area contributed by atoms with Crippen LogP contribution < -0.4 is 0 Å². The minimum absolute atomic E-state index is 0.144. The zero-order valence-electron chi connectivity index (χ0n) is 12.9. The van der Waals surface area contributed by atoms with Crippen LogP contribution in [0.5, 0.6) is 0 Å². The molecule has 2 aromatic carbocycles. The molecule has 106 valence electrons. The molecule has 1 fully saturated rings. The van der Waals surface area contributed by atoms with E-state index in [9.17, 15) is 0 Å². The third kappa shape index (κ3) is 2.47. The largest absolute Gasteiger partial charge is 0.376 e. The van der Waals surface area contributed by atoms with Crippen molar-refractivity contribution in [2.45, 2.75) is 45.1 Å². The summed E-state index contributed by atoms with van der Waals surface area (Å²) in [6.07, 6.45) is 2.86. The van der Waals surface area contributed by atoms with Crippen molar-refractivity contribution in [1.29, 1.82) is 0 Å². The normalized spacial score (nSPS) is 17.4. The maximum Gasteiger partial charge on any atom is 0.0852 e. The van der Waals surface area contributed by atoms with Crippen LogP contribution >= 0.6 is 0 Å². The quantitative estimate of drug-likeness (QED) is 0.740. The van der Waals surface area contributed by atoms with Gasteiger partial charge in [0.15, 0.2) is 0 Å². The fourth-order valence-electron chi connectivity index (χ4n) is 3.12. The summed E-state index contributed by atoms with van der Waals surface area (Å²) in [7, 11) is 1.85. The van der Waals surface area contributed by atoms with Gasteiger partial charge in [-0.3, -0.25) is 0 Å². The second-order valence-electron chi connectivity index (χ2n) is 7.03. The molecule has 1 atom stereocenters. The van der Waals surface area contributed by atoms with Crippen LogP contribution in [0.25, 0.3) is 10.8 Å². The molecule has 0 N–H and O–H groups in total. The van der Waals surface area contributed by atoms with E-state index in [1.165, 1.54) is 34.7 Å². The highest BCUT2D eigenvalue weighted by Crippen LogP contribution is 2.46. The summed E-state index contributed by atoms with van der Waals surface area (Å²) >= 11 is 0. The van der Waals surface area contributed by atoms with Crippen LogP contribution in [0.1, 0.15) is 50.8 Å². The molecule has 0 saturated heterocycles. The minimum Gasteiger partial charge on any atom is -0.376 e. The van der Waals surface area contributed by atoms with Crippen molar-refractivity contribution in [3.63, 3.8) is 0 Å². The van der Waals surface area contributed by atoms with Crippen molar-refractivity contribution in [3.8, 4) is 0 Å². The summed E-state index contributed by atoms with van der Waals surface area (Å²) < 4.78 is 5.85. The predicted octanol–water partition coefficient (Wildman–Crippen LogP) is 5.23. The average Bonchev–Trinajstić information content (AvgIpc) is 3.22. The lowest BCUT2D eigenvalue weighted by molar-refractivity contribution is 0.0832. The monoisotopic (exact) mass is 268 g/mol. The first-order valence-electron chi connectivity index (χ1n) is 7.56. The Morgan fingerprint density at radius 2 is 1.65 bits per heavy atom. The van der Waals surface area contributed by atoms with Crippen molar-refractivity contribution < 1.29 is 4.74 Å². The summed E-state index contributed by atoms with van der Waals surface area (Å²) in [5.41, 5.74) is 2.96. The molecule has 0 radical (unpaired) electrons. The molecule has 20 heavy (non-hydrogen) atoms. The molecule has 0 aliphatic heterocycles. The Hall–Kier alpha value is -1.34. The Labute approximate surface area is 122 Å². The van der Waals surface area contributed by atoms with Gasteiger partial charge in [0.1, 0.15) is 0 Å². The van der Waals surface area contributed by atoms with Gasteiger partial charge in [0.25, 0.3) is 0 Å². The average molecular weight is 268 g/mol. The van der Waals surface area contributed by atoms with E-state index >= 15 is 0 Å². The van der Waals surface area contributed by atoms with E-state index in [2.05, 4.69) is 57.2 Å². The smallest absolute Gasteiger partial charge is 0.0852 e. The van der Waals surface area contributed by atoms with Gasteiger partial charge >= 0.3 is 0 Å². The Morgan fingerprint density at radius 3 is 2.15 bits per heavy atom. The third-order valence-electron chi connectivity index (χ3n) is 4.34. The first-order chi connectivity index (χ1) is 9.50. The van der Waals surface area contributed by atoms with Crippen LogP contribution in [0.3, 0.4) is 0 Å². The maximum absolute atomic E-state index is 5.85. The van der Waals surface area contributed by atoms with Gasteiger partial charge in [0, 0.05) is 7.11 Å². The minimum atomic E-state index is 0.144. The molecule has 0 aromatic heterocycles. The number of ether oxygens (including phenoxy) is 1. The highest BCUT2D eigenvalue weighted by atomic mass is 16.5. The first-order valence-corrected chi connectivity index (χ1v) is 7.56. The Morgan fingerprint density at radius 1 is 1.05 bits per heavy atom. The molecule has 1 aliphatic carbocycles. The van der Waals surface area contributed by atoms with Crippen molar-refractivity contribution in [3.05, 3.63) is 47.5 Å². The molecular formula is C19H24O. The highest BCUT2D eigenvalue weighted by molar-refractivity contribution is 5.84. The summed E-state index contributed by atoms with van der Waals surface area (Å²) in [4.78, 5) is 0. The maximum atomic E-state index is 5.85. The number of hydrogen-bond donors (Lipinski definition) is 0. The van der Waals surface area contributed by atoms with Crippen LogP contribution in [-0.2, 0) is 10.2 Å². The van der Waals surface area contributed by atoms with E-state index in [0.29, 0.717) is 5.92 Å². The van der Waals surface area contributed by atoms with E-state index in [1.807, 2.05) is 7.11 Å². The predicted molar refractivity (Wildman–Crippen MR) is 85.1 cm³/mol. The van der Waals surface area contributed by atoms with Crippen molar-refractivity contribution in [2.75, 3.05) is 7.11 Å². The van der Waals surface area contributed by atoms with Gasteiger partial charge in [0.05, 0.1) is 6.10 Å². The van der Waals surface area contributed by atoms with Gasteiger partial charge in [-0.05, 0) is 52.1 Å². The van der Waals surface area contributed by atoms with E-state index in [0.717, 1.165) is 0 Å². The molecule has 3 rings (SSSR count). The standard InChI is InChI=1S/C19H24O/c1-19(2,3)17-12-15-8-6-5-7-14(15)11-16(17)18(20-4)13-9-10-13/h5-8,11-13,18H,9-10H2,1-4H3. The van der Waals surface area contributed by atoms with Gasteiger partial charge in [-0.15, -0.1) is 0 Å². The van der Waals surface area contributed by atoms with Crippen molar-refractivity contribution >= 4 is 10.8 Å². The molecule has 0 amide bonds. The molecule has 0 spiro atoms. The van der Waals surface area contributed by atoms with Gasteiger partial charge < -0.3 is 4.74 Å². The fourth-order valence-corrected chi connectivity index (χ4v) is 3.12. The fraction of sp³-hybridized carbons (Fsp3) is 0.474. The van der Waals surface area contributed by atoms with E-state index < -0.39 is 0 Å². The summed E-state index contributed by atoms with van der Waals surface area (Å²) in [6, 6.07) is 13.3. The zero-order valence-corrected chi connectivity index (χ0v) is 12.9. The molecule has 0 bridgehead atoms. The van der Waals surface area contributed by atoms with Gasteiger partial charge in [-0.25, -0.2) is 0 Å². The SMILES string of the molecule is COC(c1cc2ccccc2cc1C(C)(C)C)C1CC1. The van der Waals surface area contributed by atoms with Gasteiger partial charge in [0.2, 0.25) is 0 Å². The van der Waals surface area contributed by atoms with Crippen LogP contribution in [0, 0.1) is 5.92 Å². The molecule has 2 aromatic rings. The second-order valence-corrected chi connectivity index (χ2v) is 7.03. The lowest BCUT2D eigenvalue weighted by Crippen LogP contribution is -2.18. The third-order valence-corrected chi connectivity index (χ3v) is 4.34. The van der Waals surface area contributed by atoms with Crippen molar-refractivity contribution in [1.82, 2.24) is 0 Å². The molecule has 1 unspecified atom stereocenters. The Bertz CT molecular complexity index is 617. The van der Waals surface area contributed by atoms with E-state index in [1.54, 1.807) is 0 Å². The highest BCUT2D eigenvalue weighted by Gasteiger charge is 2.35. The number of rotatable bonds is 3. The first kappa shape index (κ1) is 13.6. The Balaban J connectivity index is 2.21. The lowest BCUT2D eigenvalue weighted by atomic mass is 9.80. The Kier molecular flexibility index (Phi) is 3.33. The number of hydrogen-bond acceptors (Lipinski definition) is 1. The summed E-state index contributed by atoms with van der Waals surface area (Å²) in [5.74, 6) is 0.710. The van der Waals surface area contributed by atoms with Crippen LogP contribution in [0.15, 0.2) is 36.4 Å². The number of methoxy groups -OCH3 is 1. The topological polar surface area (TPSA) is 9.23 Å². The summed E-state index contributed by atoms with van der Waals surface area (Å²) in [5, 5.41) is 2.64. The molecular weight excluding hydrogens is 244 g/mol. The van der Waals surface area contributed by atoms with Crippen molar-refractivity contribution in [2.24, 2.45) is 5.92 Å². The van der Waals surface area contributed by atoms with Crippen LogP contribution in [0.4, 0.5) is 0 Å². The lowest BCUT2D eigenvalue weighted by Gasteiger charge is -2.28. The van der Waals surface area contributed by atoms with Gasteiger partial charge in [-0.1, -0.05) is 51.1 Å². The molecule has 0 heterocycles. The van der Waals surface area contributed by atoms with E-state index in [4.69, 9.17) is 4.74 Å². The number of fused-ring (bicyclic) bond motifs is 1. The molecule has 1 nitrogen and oxygen atoms in total.